The van der Waals surface area contributed by atoms with Gasteiger partial charge in [-0.05, 0) is 37.3 Å². The lowest BCUT2D eigenvalue weighted by atomic mass is 10.1. The molecule has 0 spiro atoms. The van der Waals surface area contributed by atoms with Crippen LogP contribution in [0.4, 0.5) is 11.4 Å². The van der Waals surface area contributed by atoms with E-state index in [0.717, 1.165) is 23.7 Å². The van der Waals surface area contributed by atoms with E-state index >= 15 is 0 Å². The number of amides is 1. The van der Waals surface area contributed by atoms with Crippen LogP contribution < -0.4 is 10.2 Å². The fourth-order valence-electron chi connectivity index (χ4n) is 2.84. The summed E-state index contributed by atoms with van der Waals surface area (Å²) in [5.41, 5.74) is 1.59. The van der Waals surface area contributed by atoms with Crippen molar-refractivity contribution >= 4 is 46.0 Å². The van der Waals surface area contributed by atoms with Crippen LogP contribution in [0, 0.1) is 6.92 Å². The molecule has 1 amide bonds. The lowest BCUT2D eigenvalue weighted by Crippen LogP contribution is -2.36. The quantitative estimate of drug-likeness (QED) is 0.750. The standard InChI is InChI=1S/C19H21ClN2O3S/c1-13-2-6-18(26-13)17(23)5-7-19(24)21-15-12-14(20)3-4-16(15)22-8-10-25-11-9-22/h2-4,6,12H,5,7-11H2,1H3,(H,21,24). The van der Waals surface area contributed by atoms with Crippen LogP contribution in [-0.2, 0) is 9.53 Å². The average Bonchev–Trinajstić information content (AvgIpc) is 3.07. The fraction of sp³-hybridized carbons (Fsp3) is 0.368. The number of Topliss-reactive ketones (excluding diaryl/α,β-unsaturated/α-hetero) is 1. The van der Waals surface area contributed by atoms with Crippen LogP contribution in [0.1, 0.15) is 27.4 Å². The summed E-state index contributed by atoms with van der Waals surface area (Å²) in [6.45, 7) is 4.80. The number of ketones is 1. The molecule has 0 saturated carbocycles. The first-order valence-electron chi connectivity index (χ1n) is 8.54. The smallest absolute Gasteiger partial charge is 0.224 e. The normalized spacial score (nSPS) is 14.3. The van der Waals surface area contributed by atoms with Gasteiger partial charge in [-0.15, -0.1) is 11.3 Å². The number of benzene rings is 1. The molecule has 2 heterocycles. The molecule has 0 unspecified atom stereocenters. The Morgan fingerprint density at radius 3 is 2.65 bits per heavy atom. The molecule has 0 atom stereocenters. The third-order valence-corrected chi connectivity index (χ3v) is 5.46. The van der Waals surface area contributed by atoms with E-state index in [4.69, 9.17) is 16.3 Å². The minimum atomic E-state index is -0.191. The van der Waals surface area contributed by atoms with Gasteiger partial charge in [-0.3, -0.25) is 9.59 Å². The lowest BCUT2D eigenvalue weighted by Gasteiger charge is -2.30. The van der Waals surface area contributed by atoms with Crippen molar-refractivity contribution in [2.24, 2.45) is 0 Å². The number of thiophene rings is 1. The monoisotopic (exact) mass is 392 g/mol. The number of anilines is 2. The maximum absolute atomic E-state index is 12.4. The van der Waals surface area contributed by atoms with E-state index in [1.165, 1.54) is 11.3 Å². The van der Waals surface area contributed by atoms with E-state index in [1.807, 2.05) is 31.2 Å². The second-order valence-corrected chi connectivity index (χ2v) is 7.87. The third kappa shape index (κ3) is 4.84. The number of morpholine rings is 1. The van der Waals surface area contributed by atoms with Gasteiger partial charge in [0.05, 0.1) is 29.5 Å². The Morgan fingerprint density at radius 2 is 1.96 bits per heavy atom. The van der Waals surface area contributed by atoms with Crippen molar-refractivity contribution in [3.8, 4) is 0 Å². The molecule has 1 saturated heterocycles. The van der Waals surface area contributed by atoms with Gasteiger partial charge in [-0.1, -0.05) is 11.6 Å². The molecule has 0 bridgehead atoms. The zero-order chi connectivity index (χ0) is 18.5. The molecule has 0 aliphatic carbocycles. The second-order valence-electron chi connectivity index (χ2n) is 6.14. The number of halogens is 1. The summed E-state index contributed by atoms with van der Waals surface area (Å²) in [7, 11) is 0. The highest BCUT2D eigenvalue weighted by atomic mass is 35.5. The van der Waals surface area contributed by atoms with Crippen LogP contribution in [-0.4, -0.2) is 38.0 Å². The Hall–Kier alpha value is -1.89. The van der Waals surface area contributed by atoms with E-state index in [2.05, 4.69) is 10.2 Å². The van der Waals surface area contributed by atoms with Crippen LogP contribution in [0.15, 0.2) is 30.3 Å². The number of aryl methyl sites for hydroxylation is 1. The van der Waals surface area contributed by atoms with Crippen molar-refractivity contribution in [3.05, 3.63) is 45.1 Å². The molecule has 1 fully saturated rings. The molecular weight excluding hydrogens is 372 g/mol. The number of nitrogens with one attached hydrogen (secondary N) is 1. The number of hydrogen-bond donors (Lipinski definition) is 1. The first kappa shape index (κ1) is 18.9. The molecule has 5 nitrogen and oxygen atoms in total. The second kappa shape index (κ2) is 8.66. The van der Waals surface area contributed by atoms with Gasteiger partial charge in [0.2, 0.25) is 5.91 Å². The molecule has 7 heteroatoms. The predicted octanol–water partition coefficient (Wildman–Crippen LogP) is 4.15. The number of ether oxygens (including phenoxy) is 1. The minimum Gasteiger partial charge on any atom is -0.378 e. The van der Waals surface area contributed by atoms with Gasteiger partial charge < -0.3 is 15.0 Å². The maximum Gasteiger partial charge on any atom is 0.224 e. The van der Waals surface area contributed by atoms with E-state index in [0.29, 0.717) is 28.8 Å². The number of hydrogen-bond acceptors (Lipinski definition) is 5. The first-order valence-corrected chi connectivity index (χ1v) is 9.74. The summed E-state index contributed by atoms with van der Waals surface area (Å²) in [5, 5.41) is 3.46. The van der Waals surface area contributed by atoms with Gasteiger partial charge >= 0.3 is 0 Å². The molecular formula is C19H21ClN2O3S. The van der Waals surface area contributed by atoms with Crippen LogP contribution in [0.25, 0.3) is 0 Å². The Kier molecular flexibility index (Phi) is 6.29. The molecule has 1 aliphatic heterocycles. The number of carbonyl (C=O) groups is 2. The summed E-state index contributed by atoms with van der Waals surface area (Å²) < 4.78 is 5.38. The topological polar surface area (TPSA) is 58.6 Å². The van der Waals surface area contributed by atoms with Gasteiger partial charge in [0.15, 0.2) is 5.78 Å². The molecule has 26 heavy (non-hydrogen) atoms. The van der Waals surface area contributed by atoms with E-state index in [1.54, 1.807) is 6.07 Å². The Labute approximate surface area is 161 Å². The van der Waals surface area contributed by atoms with Crippen LogP contribution in [0.2, 0.25) is 5.02 Å². The number of nitrogens with zero attached hydrogens (tertiary/aromatic N) is 1. The number of rotatable bonds is 6. The van der Waals surface area contributed by atoms with Crippen molar-refractivity contribution in [1.29, 1.82) is 0 Å². The molecule has 138 valence electrons. The largest absolute Gasteiger partial charge is 0.378 e. The molecule has 1 aliphatic rings. The molecule has 1 aromatic carbocycles. The zero-order valence-corrected chi connectivity index (χ0v) is 16.2. The molecule has 3 rings (SSSR count). The van der Waals surface area contributed by atoms with Crippen molar-refractivity contribution in [1.82, 2.24) is 0 Å². The molecule has 1 aromatic heterocycles. The first-order chi connectivity index (χ1) is 12.5. The van der Waals surface area contributed by atoms with Crippen molar-refractivity contribution in [3.63, 3.8) is 0 Å². The van der Waals surface area contributed by atoms with Gasteiger partial charge in [0.25, 0.3) is 0 Å². The highest BCUT2D eigenvalue weighted by molar-refractivity contribution is 7.14. The van der Waals surface area contributed by atoms with Crippen molar-refractivity contribution in [2.75, 3.05) is 36.5 Å². The third-order valence-electron chi connectivity index (χ3n) is 4.18. The highest BCUT2D eigenvalue weighted by Gasteiger charge is 2.17. The molecule has 2 aromatic rings. The SMILES string of the molecule is Cc1ccc(C(=O)CCC(=O)Nc2cc(Cl)ccc2N2CCOCC2)s1. The van der Waals surface area contributed by atoms with Crippen LogP contribution in [0.5, 0.6) is 0 Å². The van der Waals surface area contributed by atoms with E-state index < -0.39 is 0 Å². The lowest BCUT2D eigenvalue weighted by molar-refractivity contribution is -0.116. The Bertz CT molecular complexity index is 800. The summed E-state index contributed by atoms with van der Waals surface area (Å²) in [5.74, 6) is -0.193. The summed E-state index contributed by atoms with van der Waals surface area (Å²) in [6, 6.07) is 9.19. The predicted molar refractivity (Wildman–Crippen MR) is 106 cm³/mol. The van der Waals surface area contributed by atoms with Gasteiger partial charge in [-0.25, -0.2) is 0 Å². The fourth-order valence-corrected chi connectivity index (χ4v) is 3.84. The summed E-state index contributed by atoms with van der Waals surface area (Å²) in [4.78, 5) is 28.5. The zero-order valence-electron chi connectivity index (χ0n) is 14.6. The van der Waals surface area contributed by atoms with Gasteiger partial charge in [-0.2, -0.15) is 0 Å². The van der Waals surface area contributed by atoms with Crippen molar-refractivity contribution < 1.29 is 14.3 Å². The average molecular weight is 393 g/mol. The molecule has 1 N–H and O–H groups in total. The Morgan fingerprint density at radius 1 is 1.19 bits per heavy atom. The summed E-state index contributed by atoms with van der Waals surface area (Å²) in [6.07, 6.45) is 0.337. The summed E-state index contributed by atoms with van der Waals surface area (Å²) >= 11 is 7.56. The molecule has 0 radical (unpaired) electrons. The maximum atomic E-state index is 12.4. The van der Waals surface area contributed by atoms with Gasteiger partial charge in [0.1, 0.15) is 0 Å². The van der Waals surface area contributed by atoms with Gasteiger partial charge in [0, 0.05) is 35.8 Å². The minimum absolute atomic E-state index is 0.00209. The van der Waals surface area contributed by atoms with E-state index in [9.17, 15) is 9.59 Å². The van der Waals surface area contributed by atoms with Crippen LogP contribution >= 0.6 is 22.9 Å². The van der Waals surface area contributed by atoms with Crippen LogP contribution in [0.3, 0.4) is 0 Å². The van der Waals surface area contributed by atoms with Crippen molar-refractivity contribution in [2.45, 2.75) is 19.8 Å². The highest BCUT2D eigenvalue weighted by Crippen LogP contribution is 2.30. The Balaban J connectivity index is 1.63. The van der Waals surface area contributed by atoms with E-state index in [-0.39, 0.29) is 24.5 Å². The number of carbonyl (C=O) groups excluding carboxylic acids is 2.